The first-order chi connectivity index (χ1) is 10.1. The number of nitrogens with one attached hydrogen (secondary N) is 2. The number of carbonyl (C=O) groups is 2. The average molecular weight is 351 g/mol. The van der Waals surface area contributed by atoms with E-state index in [0.29, 0.717) is 5.69 Å². The van der Waals surface area contributed by atoms with E-state index in [2.05, 4.69) is 31.4 Å². The lowest BCUT2D eigenvalue weighted by atomic mass is 10.2. The predicted octanol–water partition coefficient (Wildman–Crippen LogP) is 0.982. The molecule has 7 nitrogen and oxygen atoms in total. The van der Waals surface area contributed by atoms with Crippen LogP contribution in [0.2, 0.25) is 0 Å². The number of halogens is 1. The summed E-state index contributed by atoms with van der Waals surface area (Å²) in [5.41, 5.74) is 1.54. The Bertz CT molecular complexity index is 768. The minimum atomic E-state index is -0.454. The van der Waals surface area contributed by atoms with Gasteiger partial charge in [-0.25, -0.2) is 0 Å². The van der Waals surface area contributed by atoms with Gasteiger partial charge in [0.15, 0.2) is 0 Å². The number of aromatic amines is 1. The zero-order valence-corrected chi connectivity index (χ0v) is 12.3. The lowest BCUT2D eigenvalue weighted by Crippen LogP contribution is -2.34. The quantitative estimate of drug-likeness (QED) is 0.714. The second-order valence-electron chi connectivity index (χ2n) is 4.46. The normalized spacial score (nSPS) is 15.0. The van der Waals surface area contributed by atoms with Gasteiger partial charge in [-0.2, -0.15) is 5.10 Å². The van der Waals surface area contributed by atoms with E-state index < -0.39 is 11.8 Å². The van der Waals surface area contributed by atoms with Crippen LogP contribution in [0.15, 0.2) is 34.6 Å². The minimum absolute atomic E-state index is 0.0147. The Balaban J connectivity index is 1.91. The summed E-state index contributed by atoms with van der Waals surface area (Å²) in [6, 6.07) is 3.60. The predicted molar refractivity (Wildman–Crippen MR) is 79.3 cm³/mol. The van der Waals surface area contributed by atoms with Crippen molar-refractivity contribution in [3.05, 3.63) is 34.6 Å². The second kappa shape index (κ2) is 5.30. The highest BCUT2D eigenvalue weighted by molar-refractivity contribution is 9.10. The van der Waals surface area contributed by atoms with Crippen molar-refractivity contribution < 1.29 is 14.7 Å². The molecule has 2 aromatic rings. The van der Waals surface area contributed by atoms with Crippen LogP contribution < -0.4 is 5.32 Å². The second-order valence-corrected chi connectivity index (χ2v) is 5.31. The van der Waals surface area contributed by atoms with Crippen molar-refractivity contribution in [1.82, 2.24) is 15.1 Å². The van der Waals surface area contributed by atoms with E-state index in [1.807, 2.05) is 6.07 Å². The number of H-pyrrole nitrogens is 1. The maximum absolute atomic E-state index is 12.1. The van der Waals surface area contributed by atoms with Crippen LogP contribution in [0, 0.1) is 0 Å². The fraction of sp³-hybridized carbons (Fsp3) is 0.154. The van der Waals surface area contributed by atoms with E-state index in [1.165, 1.54) is 6.08 Å². The number of aliphatic hydroxyl groups is 1. The minimum Gasteiger partial charge on any atom is -0.395 e. The first-order valence-electron chi connectivity index (χ1n) is 6.19. The lowest BCUT2D eigenvalue weighted by Gasteiger charge is -2.13. The summed E-state index contributed by atoms with van der Waals surface area (Å²) in [4.78, 5) is 24.8. The van der Waals surface area contributed by atoms with Gasteiger partial charge in [0.05, 0.1) is 30.6 Å². The number of β-amino-alcohol motifs (C(OH)–C–C–N with tert-alkyl or cyclic N) is 1. The molecule has 2 amide bonds. The van der Waals surface area contributed by atoms with Gasteiger partial charge in [0, 0.05) is 15.9 Å². The molecule has 0 unspecified atom stereocenters. The molecule has 108 valence electrons. The zero-order valence-electron chi connectivity index (χ0n) is 10.8. The van der Waals surface area contributed by atoms with Gasteiger partial charge >= 0.3 is 0 Å². The van der Waals surface area contributed by atoms with Gasteiger partial charge in [0.1, 0.15) is 5.70 Å². The molecule has 2 heterocycles. The Morgan fingerprint density at radius 2 is 2.19 bits per heavy atom. The number of benzene rings is 1. The average Bonchev–Trinajstić information content (AvgIpc) is 3.04. The van der Waals surface area contributed by atoms with E-state index in [4.69, 9.17) is 5.11 Å². The molecule has 1 aliphatic rings. The molecular formula is C13H11BrN4O3. The van der Waals surface area contributed by atoms with Gasteiger partial charge in [0.25, 0.3) is 11.8 Å². The van der Waals surface area contributed by atoms with Crippen LogP contribution in [0.4, 0.5) is 5.69 Å². The number of rotatable bonds is 4. The highest BCUT2D eigenvalue weighted by Gasteiger charge is 2.30. The topological polar surface area (TPSA) is 98.3 Å². The summed E-state index contributed by atoms with van der Waals surface area (Å²) in [5, 5.41) is 19.5. The monoisotopic (exact) mass is 350 g/mol. The Hall–Kier alpha value is -2.19. The van der Waals surface area contributed by atoms with Crippen molar-refractivity contribution in [3.63, 3.8) is 0 Å². The van der Waals surface area contributed by atoms with Crippen LogP contribution in [0.25, 0.3) is 10.9 Å². The fourth-order valence-electron chi connectivity index (χ4n) is 2.16. The molecule has 0 fully saturated rings. The van der Waals surface area contributed by atoms with Gasteiger partial charge in [-0.1, -0.05) is 15.9 Å². The third kappa shape index (κ3) is 2.32. The maximum Gasteiger partial charge on any atom is 0.277 e. The van der Waals surface area contributed by atoms with E-state index >= 15 is 0 Å². The van der Waals surface area contributed by atoms with Gasteiger partial charge in [-0.3, -0.25) is 19.6 Å². The molecule has 8 heteroatoms. The molecule has 0 radical (unpaired) electrons. The number of nitrogens with zero attached hydrogens (tertiary/aromatic N) is 2. The molecule has 1 aromatic heterocycles. The smallest absolute Gasteiger partial charge is 0.277 e. The number of aliphatic hydroxyl groups excluding tert-OH is 1. The first kappa shape index (κ1) is 13.8. The van der Waals surface area contributed by atoms with Crippen LogP contribution in [-0.4, -0.2) is 45.2 Å². The third-order valence-electron chi connectivity index (χ3n) is 3.16. The maximum atomic E-state index is 12.1. The van der Waals surface area contributed by atoms with Crippen LogP contribution in [0.3, 0.4) is 0 Å². The van der Waals surface area contributed by atoms with Gasteiger partial charge in [-0.15, -0.1) is 0 Å². The number of hydrogen-bond acceptors (Lipinski definition) is 5. The Morgan fingerprint density at radius 1 is 1.38 bits per heavy atom. The van der Waals surface area contributed by atoms with Crippen LogP contribution in [-0.2, 0) is 9.59 Å². The molecule has 0 saturated carbocycles. The third-order valence-corrected chi connectivity index (χ3v) is 3.86. The largest absolute Gasteiger partial charge is 0.395 e. The first-order valence-corrected chi connectivity index (χ1v) is 6.98. The van der Waals surface area contributed by atoms with E-state index in [-0.39, 0.29) is 18.8 Å². The Labute approximate surface area is 127 Å². The van der Waals surface area contributed by atoms with Crippen LogP contribution in [0.1, 0.15) is 0 Å². The van der Waals surface area contributed by atoms with Crippen molar-refractivity contribution in [2.75, 3.05) is 18.5 Å². The summed E-state index contributed by atoms with van der Waals surface area (Å²) >= 11 is 3.41. The van der Waals surface area contributed by atoms with E-state index in [0.717, 1.165) is 20.3 Å². The highest BCUT2D eigenvalue weighted by Crippen LogP contribution is 2.29. The summed E-state index contributed by atoms with van der Waals surface area (Å²) in [7, 11) is 0. The van der Waals surface area contributed by atoms with Crippen molar-refractivity contribution in [2.45, 2.75) is 0 Å². The summed E-state index contributed by atoms with van der Waals surface area (Å²) < 4.78 is 0.876. The van der Waals surface area contributed by atoms with Crippen LogP contribution in [0.5, 0.6) is 0 Å². The molecule has 0 bridgehead atoms. The standard InChI is InChI=1S/C13H11BrN4O3/c14-8-1-2-9(12-7(8)6-15-17-12)16-10-5-11(20)18(3-4-19)13(10)21/h1-2,5-6,16,19H,3-4H2,(H,15,17). The molecule has 0 spiro atoms. The number of hydrogen-bond donors (Lipinski definition) is 3. The lowest BCUT2D eigenvalue weighted by molar-refractivity contribution is -0.137. The van der Waals surface area contributed by atoms with Crippen molar-refractivity contribution in [3.8, 4) is 0 Å². The molecule has 0 aliphatic carbocycles. The van der Waals surface area contributed by atoms with Gasteiger partial charge in [-0.05, 0) is 12.1 Å². The van der Waals surface area contributed by atoms with Gasteiger partial charge in [0.2, 0.25) is 0 Å². The molecule has 1 aliphatic heterocycles. The Kier molecular flexibility index (Phi) is 3.48. The molecule has 3 N–H and O–H groups in total. The summed E-state index contributed by atoms with van der Waals surface area (Å²) in [6.45, 7) is -0.277. The number of carbonyl (C=O) groups excluding carboxylic acids is 2. The highest BCUT2D eigenvalue weighted by atomic mass is 79.9. The van der Waals surface area contributed by atoms with Crippen molar-refractivity contribution in [1.29, 1.82) is 0 Å². The number of aromatic nitrogens is 2. The number of fused-ring (bicyclic) bond motifs is 1. The molecule has 0 saturated heterocycles. The number of imide groups is 1. The molecule has 1 aromatic carbocycles. The molecule has 0 atom stereocenters. The van der Waals surface area contributed by atoms with Crippen molar-refractivity contribution in [2.24, 2.45) is 0 Å². The SMILES string of the molecule is O=C1C=C(Nc2ccc(Br)c3cn[nH]c23)C(=O)N1CCO. The van der Waals surface area contributed by atoms with Crippen LogP contribution >= 0.6 is 15.9 Å². The fourth-order valence-corrected chi connectivity index (χ4v) is 2.59. The Morgan fingerprint density at radius 3 is 2.95 bits per heavy atom. The summed E-state index contributed by atoms with van der Waals surface area (Å²) in [6.07, 6.45) is 2.89. The van der Waals surface area contributed by atoms with E-state index in [1.54, 1.807) is 12.3 Å². The molecule has 21 heavy (non-hydrogen) atoms. The van der Waals surface area contributed by atoms with Crippen molar-refractivity contribution >= 4 is 44.3 Å². The molecule has 3 rings (SSSR count). The zero-order chi connectivity index (χ0) is 15.0. The molecular weight excluding hydrogens is 340 g/mol. The number of amides is 2. The number of anilines is 1. The summed E-state index contributed by atoms with van der Waals surface area (Å²) in [5.74, 6) is -0.890. The van der Waals surface area contributed by atoms with E-state index in [9.17, 15) is 9.59 Å². The van der Waals surface area contributed by atoms with Gasteiger partial charge < -0.3 is 10.4 Å².